The highest BCUT2D eigenvalue weighted by Gasteiger charge is 2.25. The molecule has 1 aliphatic rings. The van der Waals surface area contributed by atoms with E-state index < -0.39 is 0 Å². The van der Waals surface area contributed by atoms with Gasteiger partial charge in [-0.2, -0.15) is 0 Å². The summed E-state index contributed by atoms with van der Waals surface area (Å²) in [5.41, 5.74) is 1.31. The summed E-state index contributed by atoms with van der Waals surface area (Å²) in [5.74, 6) is 0. The molecule has 1 aliphatic heterocycles. The second kappa shape index (κ2) is 5.43. The maximum atomic E-state index is 9.11. The Bertz CT molecular complexity index is 315. The van der Waals surface area contributed by atoms with Crippen LogP contribution in [0.15, 0.2) is 30.3 Å². The first-order valence-electron chi connectivity index (χ1n) is 5.80. The lowest BCUT2D eigenvalue weighted by Crippen LogP contribution is -2.48. The second-order valence-corrected chi connectivity index (χ2v) is 4.40. The summed E-state index contributed by atoms with van der Waals surface area (Å²) < 4.78 is 5.52. The monoisotopic (exact) mass is 221 g/mol. The molecule has 2 rings (SSSR count). The zero-order valence-corrected chi connectivity index (χ0v) is 9.67. The Hall–Kier alpha value is -0.900. The third-order valence-corrected chi connectivity index (χ3v) is 3.07. The van der Waals surface area contributed by atoms with Crippen molar-refractivity contribution in [2.45, 2.75) is 25.6 Å². The molecule has 0 spiro atoms. The van der Waals surface area contributed by atoms with Crippen LogP contribution in [0.25, 0.3) is 0 Å². The summed E-state index contributed by atoms with van der Waals surface area (Å²) in [6, 6.07) is 10.8. The van der Waals surface area contributed by atoms with Crippen molar-refractivity contribution in [3.8, 4) is 0 Å². The molecule has 0 aromatic heterocycles. The molecule has 16 heavy (non-hydrogen) atoms. The molecule has 0 bridgehead atoms. The van der Waals surface area contributed by atoms with Crippen molar-refractivity contribution in [1.82, 2.24) is 4.90 Å². The number of ether oxygens (including phenoxy) is 1. The fourth-order valence-electron chi connectivity index (χ4n) is 2.02. The van der Waals surface area contributed by atoms with Gasteiger partial charge in [0, 0.05) is 19.1 Å². The van der Waals surface area contributed by atoms with Gasteiger partial charge in [0.25, 0.3) is 0 Å². The summed E-state index contributed by atoms with van der Waals surface area (Å²) in [6.07, 6.45) is -0.0279. The average Bonchev–Trinajstić information content (AvgIpc) is 2.33. The standard InChI is InChI=1S/C13H19NO2/c1-11-10-16-13(9-15)8-14(11)7-12-5-3-2-4-6-12/h2-6,11,13,15H,7-10H2,1H3/t11-,13-/m1/s1. The first-order valence-corrected chi connectivity index (χ1v) is 5.80. The summed E-state index contributed by atoms with van der Waals surface area (Å²) in [4.78, 5) is 2.36. The van der Waals surface area contributed by atoms with E-state index in [-0.39, 0.29) is 12.7 Å². The van der Waals surface area contributed by atoms with E-state index in [2.05, 4.69) is 36.1 Å². The molecule has 1 heterocycles. The zero-order chi connectivity index (χ0) is 11.4. The number of aliphatic hydroxyl groups is 1. The molecule has 0 saturated carbocycles. The molecule has 1 aromatic rings. The van der Waals surface area contributed by atoms with Gasteiger partial charge in [0.15, 0.2) is 0 Å². The van der Waals surface area contributed by atoms with Gasteiger partial charge in [0.1, 0.15) is 0 Å². The second-order valence-electron chi connectivity index (χ2n) is 4.40. The van der Waals surface area contributed by atoms with Gasteiger partial charge in [-0.1, -0.05) is 30.3 Å². The fourth-order valence-corrected chi connectivity index (χ4v) is 2.02. The van der Waals surface area contributed by atoms with Crippen molar-refractivity contribution < 1.29 is 9.84 Å². The van der Waals surface area contributed by atoms with Gasteiger partial charge in [-0.25, -0.2) is 0 Å². The molecule has 1 fully saturated rings. The number of benzene rings is 1. The minimum Gasteiger partial charge on any atom is -0.394 e. The third kappa shape index (κ3) is 2.82. The molecule has 3 nitrogen and oxygen atoms in total. The third-order valence-electron chi connectivity index (χ3n) is 3.07. The Balaban J connectivity index is 1.97. The Kier molecular flexibility index (Phi) is 3.93. The van der Waals surface area contributed by atoms with Crippen molar-refractivity contribution in [2.24, 2.45) is 0 Å². The van der Waals surface area contributed by atoms with Crippen LogP contribution >= 0.6 is 0 Å². The van der Waals surface area contributed by atoms with Gasteiger partial charge in [0.2, 0.25) is 0 Å². The molecule has 3 heteroatoms. The van der Waals surface area contributed by atoms with Crippen molar-refractivity contribution in [2.75, 3.05) is 19.8 Å². The molecular formula is C13H19NO2. The first kappa shape index (κ1) is 11.6. The number of rotatable bonds is 3. The van der Waals surface area contributed by atoms with Gasteiger partial charge >= 0.3 is 0 Å². The predicted octanol–water partition coefficient (Wildman–Crippen LogP) is 1.27. The van der Waals surface area contributed by atoms with E-state index in [9.17, 15) is 0 Å². The lowest BCUT2D eigenvalue weighted by atomic mass is 10.1. The van der Waals surface area contributed by atoms with Gasteiger partial charge in [-0.05, 0) is 12.5 Å². The predicted molar refractivity (Wildman–Crippen MR) is 63.1 cm³/mol. The molecular weight excluding hydrogens is 202 g/mol. The van der Waals surface area contributed by atoms with Gasteiger partial charge < -0.3 is 9.84 Å². The Morgan fingerprint density at radius 2 is 2.12 bits per heavy atom. The van der Waals surface area contributed by atoms with E-state index in [1.165, 1.54) is 5.56 Å². The van der Waals surface area contributed by atoms with Crippen LogP contribution in [0.1, 0.15) is 12.5 Å². The van der Waals surface area contributed by atoms with E-state index in [0.29, 0.717) is 12.6 Å². The number of nitrogens with zero attached hydrogens (tertiary/aromatic N) is 1. The molecule has 1 saturated heterocycles. The van der Waals surface area contributed by atoms with Crippen LogP contribution in [-0.2, 0) is 11.3 Å². The summed E-state index contributed by atoms with van der Waals surface area (Å²) in [7, 11) is 0. The van der Waals surface area contributed by atoms with Crippen molar-refractivity contribution in [3.05, 3.63) is 35.9 Å². The highest BCUT2D eigenvalue weighted by atomic mass is 16.5. The lowest BCUT2D eigenvalue weighted by Gasteiger charge is -2.37. The quantitative estimate of drug-likeness (QED) is 0.834. The lowest BCUT2D eigenvalue weighted by molar-refractivity contribution is -0.0805. The molecule has 1 N–H and O–H groups in total. The molecule has 2 atom stereocenters. The minimum atomic E-state index is -0.0279. The fraction of sp³-hybridized carbons (Fsp3) is 0.538. The zero-order valence-electron chi connectivity index (χ0n) is 9.67. The highest BCUT2D eigenvalue weighted by Crippen LogP contribution is 2.15. The van der Waals surface area contributed by atoms with Crippen LogP contribution in [0.2, 0.25) is 0 Å². The molecule has 88 valence electrons. The normalized spacial score (nSPS) is 26.9. The van der Waals surface area contributed by atoms with Crippen LogP contribution < -0.4 is 0 Å². The SMILES string of the molecule is C[C@@H]1CO[C@@H](CO)CN1Cc1ccccc1. The number of aliphatic hydroxyl groups excluding tert-OH is 1. The Morgan fingerprint density at radius 1 is 1.38 bits per heavy atom. The minimum absolute atomic E-state index is 0.0279. The topological polar surface area (TPSA) is 32.7 Å². The van der Waals surface area contributed by atoms with Crippen LogP contribution in [0.4, 0.5) is 0 Å². The summed E-state index contributed by atoms with van der Waals surface area (Å²) >= 11 is 0. The number of hydrogen-bond acceptors (Lipinski definition) is 3. The smallest absolute Gasteiger partial charge is 0.0933 e. The Morgan fingerprint density at radius 3 is 2.81 bits per heavy atom. The maximum absolute atomic E-state index is 9.11. The van der Waals surface area contributed by atoms with Crippen LogP contribution in [0, 0.1) is 0 Å². The summed E-state index contributed by atoms with van der Waals surface area (Å²) in [5, 5.41) is 9.11. The summed E-state index contributed by atoms with van der Waals surface area (Å²) in [6.45, 7) is 4.72. The van der Waals surface area contributed by atoms with E-state index in [1.54, 1.807) is 0 Å². The first-order chi connectivity index (χ1) is 7.79. The van der Waals surface area contributed by atoms with Crippen molar-refractivity contribution >= 4 is 0 Å². The van der Waals surface area contributed by atoms with Gasteiger partial charge in [-0.3, -0.25) is 4.90 Å². The van der Waals surface area contributed by atoms with Crippen LogP contribution in [-0.4, -0.2) is 41.9 Å². The van der Waals surface area contributed by atoms with Gasteiger partial charge in [0.05, 0.1) is 19.3 Å². The van der Waals surface area contributed by atoms with E-state index in [4.69, 9.17) is 9.84 Å². The van der Waals surface area contributed by atoms with Crippen LogP contribution in [0.3, 0.4) is 0 Å². The molecule has 0 radical (unpaired) electrons. The molecule has 0 aliphatic carbocycles. The largest absolute Gasteiger partial charge is 0.394 e. The van der Waals surface area contributed by atoms with Crippen LogP contribution in [0.5, 0.6) is 0 Å². The molecule has 1 aromatic carbocycles. The van der Waals surface area contributed by atoms with E-state index in [1.807, 2.05) is 6.07 Å². The molecule has 0 unspecified atom stereocenters. The average molecular weight is 221 g/mol. The Labute approximate surface area is 96.6 Å². The van der Waals surface area contributed by atoms with E-state index in [0.717, 1.165) is 13.1 Å². The maximum Gasteiger partial charge on any atom is 0.0933 e. The number of morpholine rings is 1. The molecule has 0 amide bonds. The van der Waals surface area contributed by atoms with E-state index >= 15 is 0 Å². The van der Waals surface area contributed by atoms with Gasteiger partial charge in [-0.15, -0.1) is 0 Å². The van der Waals surface area contributed by atoms with Crippen molar-refractivity contribution in [3.63, 3.8) is 0 Å². The number of hydrogen-bond donors (Lipinski definition) is 1. The van der Waals surface area contributed by atoms with Crippen molar-refractivity contribution in [1.29, 1.82) is 0 Å². The highest BCUT2D eigenvalue weighted by molar-refractivity contribution is 5.14.